The topological polar surface area (TPSA) is 38.8 Å². The molecule has 0 bridgehead atoms. The van der Waals surface area contributed by atoms with Crippen molar-refractivity contribution in [1.82, 2.24) is 4.90 Å². The molecule has 4 nitrogen and oxygen atoms in total. The summed E-state index contributed by atoms with van der Waals surface area (Å²) in [6.45, 7) is 3.47. The number of nitrogens with zero attached hydrogens (tertiary/aromatic N) is 1. The molecule has 1 saturated heterocycles. The number of hydrogen-bond donors (Lipinski definition) is 0. The molecule has 0 atom stereocenters. The summed E-state index contributed by atoms with van der Waals surface area (Å²) >= 11 is 0. The zero-order valence-corrected chi connectivity index (χ0v) is 11.1. The first-order chi connectivity index (χ1) is 8.58. The smallest absolute Gasteiger partial charge is 0.161 e. The van der Waals surface area contributed by atoms with Crippen LogP contribution in [-0.4, -0.2) is 44.0 Å². The average molecular weight is 249 g/mol. The predicted molar refractivity (Wildman–Crippen MR) is 69.3 cm³/mol. The fraction of sp³-hybridized carbons (Fsp3) is 0.500. The van der Waals surface area contributed by atoms with Crippen LogP contribution in [0.1, 0.15) is 12.5 Å². The van der Waals surface area contributed by atoms with E-state index in [1.165, 1.54) is 0 Å². The summed E-state index contributed by atoms with van der Waals surface area (Å²) in [5.74, 6) is 1.59. The number of ketones is 1. The van der Waals surface area contributed by atoms with Crippen LogP contribution in [0.25, 0.3) is 0 Å². The van der Waals surface area contributed by atoms with E-state index in [9.17, 15) is 4.79 Å². The Kier molecular flexibility index (Phi) is 3.87. The van der Waals surface area contributed by atoms with Crippen LogP contribution in [-0.2, 0) is 11.2 Å². The number of Topliss-reactive ketones (excluding diaryl/α,β-unsaturated/α-hetero) is 1. The molecule has 98 valence electrons. The molecule has 0 aromatic heterocycles. The van der Waals surface area contributed by atoms with E-state index in [1.54, 1.807) is 14.0 Å². The highest BCUT2D eigenvalue weighted by molar-refractivity contribution is 5.78. The van der Waals surface area contributed by atoms with E-state index in [0.29, 0.717) is 12.2 Å². The molecule has 1 aromatic carbocycles. The van der Waals surface area contributed by atoms with Gasteiger partial charge in [-0.2, -0.15) is 0 Å². The highest BCUT2D eigenvalue weighted by Gasteiger charge is 2.25. The van der Waals surface area contributed by atoms with Gasteiger partial charge in [0.15, 0.2) is 11.5 Å². The van der Waals surface area contributed by atoms with Crippen LogP contribution in [0.3, 0.4) is 0 Å². The Balaban J connectivity index is 2.07. The Morgan fingerprint density at radius 2 is 2.11 bits per heavy atom. The lowest BCUT2D eigenvalue weighted by atomic mass is 10.1. The molecule has 1 aliphatic rings. The van der Waals surface area contributed by atoms with E-state index < -0.39 is 0 Å². The number of benzene rings is 1. The molecule has 1 heterocycles. The minimum absolute atomic E-state index is 0.145. The average Bonchev–Trinajstić information content (AvgIpc) is 2.28. The standard InChI is InChI=1S/C14H19NO3/c1-10(16)6-11-4-5-13(14(7-11)17-3)18-12-8-15(2)9-12/h4-5,7,12H,6,8-9H2,1-3H3. The third kappa shape index (κ3) is 3.01. The molecule has 0 unspecified atom stereocenters. The molecule has 1 fully saturated rings. The van der Waals surface area contributed by atoms with E-state index in [1.807, 2.05) is 18.2 Å². The molecule has 0 saturated carbocycles. The number of hydrogen-bond acceptors (Lipinski definition) is 4. The van der Waals surface area contributed by atoms with Gasteiger partial charge < -0.3 is 9.47 Å². The normalized spacial score (nSPS) is 16.2. The van der Waals surface area contributed by atoms with Crippen LogP contribution in [0, 0.1) is 0 Å². The highest BCUT2D eigenvalue weighted by atomic mass is 16.5. The number of carbonyl (C=O) groups is 1. The van der Waals surface area contributed by atoms with Crippen LogP contribution in [0.15, 0.2) is 18.2 Å². The third-order valence-electron chi connectivity index (χ3n) is 3.01. The lowest BCUT2D eigenvalue weighted by Gasteiger charge is -2.36. The fourth-order valence-electron chi connectivity index (χ4n) is 2.10. The molecule has 0 amide bonds. The summed E-state index contributed by atoms with van der Waals surface area (Å²) in [4.78, 5) is 13.3. The molecular formula is C14H19NO3. The van der Waals surface area contributed by atoms with Crippen molar-refractivity contribution in [2.75, 3.05) is 27.2 Å². The Morgan fingerprint density at radius 3 is 2.67 bits per heavy atom. The zero-order valence-electron chi connectivity index (χ0n) is 11.1. The molecule has 4 heteroatoms. The van der Waals surface area contributed by atoms with Crippen molar-refractivity contribution in [1.29, 1.82) is 0 Å². The van der Waals surface area contributed by atoms with E-state index in [4.69, 9.17) is 9.47 Å². The Labute approximate surface area is 107 Å². The van der Waals surface area contributed by atoms with E-state index in [2.05, 4.69) is 11.9 Å². The summed E-state index contributed by atoms with van der Waals surface area (Å²) in [6.07, 6.45) is 0.672. The number of likely N-dealkylation sites (N-methyl/N-ethyl adjacent to an activating group) is 1. The second-order valence-corrected chi connectivity index (χ2v) is 4.83. The largest absolute Gasteiger partial charge is 0.493 e. The lowest BCUT2D eigenvalue weighted by molar-refractivity contribution is -0.116. The zero-order chi connectivity index (χ0) is 13.1. The van der Waals surface area contributed by atoms with Crippen LogP contribution in [0.4, 0.5) is 0 Å². The van der Waals surface area contributed by atoms with Crippen molar-refractivity contribution < 1.29 is 14.3 Å². The van der Waals surface area contributed by atoms with Gasteiger partial charge in [-0.05, 0) is 31.7 Å². The first-order valence-electron chi connectivity index (χ1n) is 6.10. The summed E-state index contributed by atoms with van der Waals surface area (Å²) in [7, 11) is 3.68. The first kappa shape index (κ1) is 12.9. The van der Waals surface area contributed by atoms with Gasteiger partial charge in [0, 0.05) is 19.5 Å². The second-order valence-electron chi connectivity index (χ2n) is 4.83. The van der Waals surface area contributed by atoms with Gasteiger partial charge >= 0.3 is 0 Å². The molecule has 1 aromatic rings. The van der Waals surface area contributed by atoms with Crippen molar-refractivity contribution in [3.05, 3.63) is 23.8 Å². The maximum Gasteiger partial charge on any atom is 0.161 e. The quantitative estimate of drug-likeness (QED) is 0.793. The van der Waals surface area contributed by atoms with Gasteiger partial charge in [-0.1, -0.05) is 6.07 Å². The van der Waals surface area contributed by atoms with Crippen molar-refractivity contribution in [3.63, 3.8) is 0 Å². The maximum atomic E-state index is 11.1. The number of carbonyl (C=O) groups excluding carboxylic acids is 1. The van der Waals surface area contributed by atoms with Gasteiger partial charge in [-0.25, -0.2) is 0 Å². The Morgan fingerprint density at radius 1 is 1.39 bits per heavy atom. The van der Waals surface area contributed by atoms with E-state index in [0.717, 1.165) is 24.4 Å². The molecule has 18 heavy (non-hydrogen) atoms. The van der Waals surface area contributed by atoms with Gasteiger partial charge in [0.2, 0.25) is 0 Å². The summed E-state index contributed by atoms with van der Waals surface area (Å²) in [5.41, 5.74) is 0.956. The van der Waals surface area contributed by atoms with Crippen molar-refractivity contribution in [2.45, 2.75) is 19.4 Å². The maximum absolute atomic E-state index is 11.1. The predicted octanol–water partition coefficient (Wildman–Crippen LogP) is 1.52. The SMILES string of the molecule is COc1cc(CC(C)=O)ccc1OC1CN(C)C1. The summed E-state index contributed by atoms with van der Waals surface area (Å²) in [6, 6.07) is 5.68. The molecule has 0 spiro atoms. The van der Waals surface area contributed by atoms with Crippen molar-refractivity contribution in [3.8, 4) is 11.5 Å². The third-order valence-corrected chi connectivity index (χ3v) is 3.01. The van der Waals surface area contributed by atoms with Crippen LogP contribution < -0.4 is 9.47 Å². The first-order valence-corrected chi connectivity index (χ1v) is 6.10. The highest BCUT2D eigenvalue weighted by Crippen LogP contribution is 2.30. The fourth-order valence-corrected chi connectivity index (χ4v) is 2.10. The summed E-state index contributed by atoms with van der Waals surface area (Å²) < 4.78 is 11.2. The van der Waals surface area contributed by atoms with E-state index >= 15 is 0 Å². The van der Waals surface area contributed by atoms with Crippen LogP contribution >= 0.6 is 0 Å². The lowest BCUT2D eigenvalue weighted by Crippen LogP contribution is -2.51. The molecule has 0 radical (unpaired) electrons. The summed E-state index contributed by atoms with van der Waals surface area (Å²) in [5, 5.41) is 0. The Hall–Kier alpha value is -1.55. The molecule has 0 N–H and O–H groups in total. The van der Waals surface area contributed by atoms with Gasteiger partial charge in [0.05, 0.1) is 7.11 Å². The number of ether oxygens (including phenoxy) is 2. The van der Waals surface area contributed by atoms with Crippen molar-refractivity contribution in [2.24, 2.45) is 0 Å². The van der Waals surface area contributed by atoms with Gasteiger partial charge in [0.1, 0.15) is 11.9 Å². The minimum atomic E-state index is 0.145. The molecule has 1 aliphatic heterocycles. The molecule has 0 aliphatic carbocycles. The van der Waals surface area contributed by atoms with Gasteiger partial charge in [-0.15, -0.1) is 0 Å². The molecule has 2 rings (SSSR count). The Bertz CT molecular complexity index is 439. The molecular weight excluding hydrogens is 230 g/mol. The van der Waals surface area contributed by atoms with Crippen molar-refractivity contribution >= 4 is 5.78 Å². The monoisotopic (exact) mass is 249 g/mol. The second kappa shape index (κ2) is 5.40. The van der Waals surface area contributed by atoms with Gasteiger partial charge in [0.25, 0.3) is 0 Å². The number of rotatable bonds is 5. The minimum Gasteiger partial charge on any atom is -0.493 e. The number of likely N-dealkylation sites (tertiary alicyclic amines) is 1. The van der Waals surface area contributed by atoms with Crippen LogP contribution in [0.5, 0.6) is 11.5 Å². The van der Waals surface area contributed by atoms with Crippen LogP contribution in [0.2, 0.25) is 0 Å². The van der Waals surface area contributed by atoms with Gasteiger partial charge in [-0.3, -0.25) is 9.69 Å². The number of methoxy groups -OCH3 is 1. The van der Waals surface area contributed by atoms with E-state index in [-0.39, 0.29) is 11.9 Å².